The van der Waals surface area contributed by atoms with E-state index >= 15 is 0 Å². The molecule has 0 fully saturated rings. The number of carbonyl (C=O) groups excluding carboxylic acids is 1. The first-order valence-corrected chi connectivity index (χ1v) is 7.80. The van der Waals surface area contributed by atoms with Crippen LogP contribution in [0.1, 0.15) is 10.4 Å². The molecule has 3 rings (SSSR count). The lowest BCUT2D eigenvalue weighted by molar-refractivity contribution is 0.102. The predicted molar refractivity (Wildman–Crippen MR) is 95.6 cm³/mol. The zero-order chi connectivity index (χ0) is 17.8. The number of amides is 1. The minimum Gasteiger partial charge on any atom is -0.497 e. The number of nitrogens with zero attached hydrogens (tertiary/aromatic N) is 1. The number of hydrogen-bond donors (Lipinski definition) is 1. The first-order valence-electron chi connectivity index (χ1n) is 7.42. The third-order valence-electron chi connectivity index (χ3n) is 3.60. The molecule has 2 aromatic carbocycles. The lowest BCUT2D eigenvalue weighted by Crippen LogP contribution is -2.12. The Labute approximate surface area is 149 Å². The third kappa shape index (κ3) is 3.95. The molecule has 0 aliphatic heterocycles. The Bertz CT molecular complexity index is 914. The first-order chi connectivity index (χ1) is 12.1. The van der Waals surface area contributed by atoms with Gasteiger partial charge in [0.25, 0.3) is 5.91 Å². The van der Waals surface area contributed by atoms with E-state index in [1.54, 1.807) is 19.4 Å². The summed E-state index contributed by atoms with van der Waals surface area (Å²) < 4.78 is 18.3. The highest BCUT2D eigenvalue weighted by Gasteiger charge is 2.10. The Hall–Kier alpha value is -2.92. The lowest BCUT2D eigenvalue weighted by atomic mass is 10.1. The van der Waals surface area contributed by atoms with E-state index in [0.29, 0.717) is 11.3 Å². The van der Waals surface area contributed by atoms with Crippen molar-refractivity contribution in [3.63, 3.8) is 0 Å². The smallest absolute Gasteiger partial charge is 0.257 e. The predicted octanol–water partition coefficient (Wildman–Crippen LogP) is 4.80. The van der Waals surface area contributed by atoms with Gasteiger partial charge in [0.1, 0.15) is 11.6 Å². The summed E-state index contributed by atoms with van der Waals surface area (Å²) in [4.78, 5) is 16.5. The van der Waals surface area contributed by atoms with E-state index in [-0.39, 0.29) is 10.9 Å². The maximum Gasteiger partial charge on any atom is 0.257 e. The Morgan fingerprint density at radius 1 is 1.08 bits per heavy atom. The van der Waals surface area contributed by atoms with Gasteiger partial charge >= 0.3 is 0 Å². The molecule has 0 unspecified atom stereocenters. The molecule has 0 radical (unpaired) electrons. The SMILES string of the molecule is COc1ccc(-c2cncc(C(=O)Nc3ccc(F)c(Cl)c3)c2)cc1. The summed E-state index contributed by atoms with van der Waals surface area (Å²) in [5.41, 5.74) is 2.50. The molecule has 0 bridgehead atoms. The van der Waals surface area contributed by atoms with Gasteiger partial charge in [-0.25, -0.2) is 4.39 Å². The molecule has 0 atom stereocenters. The zero-order valence-corrected chi connectivity index (χ0v) is 14.0. The quantitative estimate of drug-likeness (QED) is 0.730. The van der Waals surface area contributed by atoms with Gasteiger partial charge in [0.15, 0.2) is 0 Å². The van der Waals surface area contributed by atoms with Crippen LogP contribution in [0.2, 0.25) is 5.02 Å². The molecule has 0 aliphatic rings. The molecular weight excluding hydrogens is 343 g/mol. The number of nitrogens with one attached hydrogen (secondary N) is 1. The lowest BCUT2D eigenvalue weighted by Gasteiger charge is -2.08. The van der Waals surface area contributed by atoms with E-state index in [1.165, 1.54) is 24.4 Å². The molecule has 0 saturated heterocycles. The number of halogens is 2. The Balaban J connectivity index is 1.82. The highest BCUT2D eigenvalue weighted by molar-refractivity contribution is 6.31. The van der Waals surface area contributed by atoms with E-state index in [9.17, 15) is 9.18 Å². The minimum absolute atomic E-state index is 0.0529. The van der Waals surface area contributed by atoms with E-state index in [0.717, 1.165) is 16.9 Å². The number of pyridine rings is 1. The zero-order valence-electron chi connectivity index (χ0n) is 13.3. The fraction of sp³-hybridized carbons (Fsp3) is 0.0526. The largest absolute Gasteiger partial charge is 0.497 e. The summed E-state index contributed by atoms with van der Waals surface area (Å²) in [5, 5.41) is 2.62. The van der Waals surface area contributed by atoms with E-state index in [2.05, 4.69) is 10.3 Å². The minimum atomic E-state index is -0.539. The molecule has 25 heavy (non-hydrogen) atoms. The molecule has 3 aromatic rings. The molecule has 6 heteroatoms. The fourth-order valence-electron chi connectivity index (χ4n) is 2.28. The highest BCUT2D eigenvalue weighted by Crippen LogP contribution is 2.23. The van der Waals surface area contributed by atoms with Gasteiger partial charge < -0.3 is 10.1 Å². The third-order valence-corrected chi connectivity index (χ3v) is 3.89. The molecule has 4 nitrogen and oxygen atoms in total. The summed E-state index contributed by atoms with van der Waals surface area (Å²) in [7, 11) is 1.60. The van der Waals surface area contributed by atoms with Gasteiger partial charge in [-0.05, 0) is 42.0 Å². The molecule has 126 valence electrons. The van der Waals surface area contributed by atoms with Crippen LogP contribution in [0.25, 0.3) is 11.1 Å². The Morgan fingerprint density at radius 2 is 1.84 bits per heavy atom. The van der Waals surface area contributed by atoms with Crippen molar-refractivity contribution in [2.75, 3.05) is 12.4 Å². The average Bonchev–Trinajstić information content (AvgIpc) is 2.65. The molecule has 0 spiro atoms. The monoisotopic (exact) mass is 356 g/mol. The van der Waals surface area contributed by atoms with Crippen LogP contribution in [-0.4, -0.2) is 18.0 Å². The van der Waals surface area contributed by atoms with Gasteiger partial charge in [0, 0.05) is 23.6 Å². The highest BCUT2D eigenvalue weighted by atomic mass is 35.5. The molecule has 1 heterocycles. The second-order valence-electron chi connectivity index (χ2n) is 5.27. The number of aromatic nitrogens is 1. The fourth-order valence-corrected chi connectivity index (χ4v) is 2.46. The van der Waals surface area contributed by atoms with E-state index < -0.39 is 5.82 Å². The number of hydrogen-bond acceptors (Lipinski definition) is 3. The van der Waals surface area contributed by atoms with Gasteiger partial charge in [-0.1, -0.05) is 23.7 Å². The average molecular weight is 357 g/mol. The van der Waals surface area contributed by atoms with Gasteiger partial charge in [-0.2, -0.15) is 0 Å². The van der Waals surface area contributed by atoms with Crippen LogP contribution in [0.15, 0.2) is 60.9 Å². The molecule has 0 saturated carbocycles. The van der Waals surface area contributed by atoms with Crippen molar-refractivity contribution >= 4 is 23.2 Å². The number of methoxy groups -OCH3 is 1. The molecule has 1 N–H and O–H groups in total. The standard InChI is InChI=1S/C19H14ClFN2O2/c1-25-16-5-2-12(3-6-16)13-8-14(11-22-10-13)19(24)23-15-4-7-18(21)17(20)9-15/h2-11H,1H3,(H,23,24). The van der Waals surface area contributed by atoms with Crippen molar-refractivity contribution in [1.29, 1.82) is 0 Å². The van der Waals surface area contributed by atoms with Crippen LogP contribution in [0.4, 0.5) is 10.1 Å². The van der Waals surface area contributed by atoms with Crippen LogP contribution in [-0.2, 0) is 0 Å². The van der Waals surface area contributed by atoms with Crippen molar-refractivity contribution in [3.8, 4) is 16.9 Å². The van der Waals surface area contributed by atoms with Crippen LogP contribution < -0.4 is 10.1 Å². The summed E-state index contributed by atoms with van der Waals surface area (Å²) in [5.74, 6) is -0.146. The summed E-state index contributed by atoms with van der Waals surface area (Å²) in [6.45, 7) is 0. The van der Waals surface area contributed by atoms with E-state index in [1.807, 2.05) is 24.3 Å². The van der Waals surface area contributed by atoms with E-state index in [4.69, 9.17) is 16.3 Å². The number of benzene rings is 2. The first kappa shape index (κ1) is 16.9. The maximum atomic E-state index is 13.2. The number of carbonyl (C=O) groups is 1. The van der Waals surface area contributed by atoms with Gasteiger partial charge in [0.05, 0.1) is 17.7 Å². The van der Waals surface area contributed by atoms with Crippen molar-refractivity contribution in [2.24, 2.45) is 0 Å². The Morgan fingerprint density at radius 3 is 2.52 bits per heavy atom. The number of ether oxygens (including phenoxy) is 1. The summed E-state index contributed by atoms with van der Waals surface area (Å²) >= 11 is 5.72. The number of rotatable bonds is 4. The van der Waals surface area contributed by atoms with Crippen LogP contribution in [0.3, 0.4) is 0 Å². The normalized spacial score (nSPS) is 10.4. The van der Waals surface area contributed by atoms with Crippen molar-refractivity contribution in [2.45, 2.75) is 0 Å². The van der Waals surface area contributed by atoms with Gasteiger partial charge in [0.2, 0.25) is 0 Å². The second-order valence-corrected chi connectivity index (χ2v) is 5.68. The number of anilines is 1. The molecule has 1 aromatic heterocycles. The molecular formula is C19H14ClFN2O2. The summed E-state index contributed by atoms with van der Waals surface area (Å²) in [6.07, 6.45) is 3.14. The Kier molecular flexibility index (Phi) is 4.95. The van der Waals surface area contributed by atoms with Crippen LogP contribution >= 0.6 is 11.6 Å². The van der Waals surface area contributed by atoms with Crippen molar-refractivity contribution in [3.05, 3.63) is 77.3 Å². The summed E-state index contributed by atoms with van der Waals surface area (Å²) in [6, 6.07) is 13.2. The van der Waals surface area contributed by atoms with Crippen molar-refractivity contribution < 1.29 is 13.9 Å². The topological polar surface area (TPSA) is 51.2 Å². The molecule has 1 amide bonds. The van der Waals surface area contributed by atoms with Crippen molar-refractivity contribution in [1.82, 2.24) is 4.98 Å². The van der Waals surface area contributed by atoms with Gasteiger partial charge in [-0.15, -0.1) is 0 Å². The second kappa shape index (κ2) is 7.32. The van der Waals surface area contributed by atoms with Gasteiger partial charge in [-0.3, -0.25) is 9.78 Å². The van der Waals surface area contributed by atoms with Crippen LogP contribution in [0.5, 0.6) is 5.75 Å². The molecule has 0 aliphatic carbocycles. The van der Waals surface area contributed by atoms with Crippen LogP contribution in [0, 0.1) is 5.82 Å². The maximum absolute atomic E-state index is 13.2.